The van der Waals surface area contributed by atoms with Gasteiger partial charge in [0, 0.05) is 16.9 Å². The van der Waals surface area contributed by atoms with E-state index in [-0.39, 0.29) is 24.0 Å². The Morgan fingerprint density at radius 2 is 2.00 bits per heavy atom. The Balaban J connectivity index is 1.68. The van der Waals surface area contributed by atoms with Gasteiger partial charge in [-0.25, -0.2) is 0 Å². The lowest BCUT2D eigenvalue weighted by Gasteiger charge is -2.07. The molecule has 5 heteroatoms. The first-order chi connectivity index (χ1) is 11.0. The zero-order valence-electron chi connectivity index (χ0n) is 12.7. The number of Topliss-reactive ketones (excluding diaryl/α,β-unsaturated/α-hetero) is 1. The van der Waals surface area contributed by atoms with Crippen LogP contribution in [0.5, 0.6) is 0 Å². The number of nitrogens with one attached hydrogen (secondary N) is 2. The number of benzene rings is 2. The third-order valence-electron chi connectivity index (χ3n) is 3.71. The van der Waals surface area contributed by atoms with Crippen LogP contribution in [0.4, 0.5) is 11.4 Å². The molecule has 3 rings (SSSR count). The SMILES string of the molecule is CC(=O)c1cccc(NC(=O)Cc2ccc3c(c2)CC(=O)N3)c1. The van der Waals surface area contributed by atoms with Crippen LogP contribution in [0, 0.1) is 0 Å². The van der Waals surface area contributed by atoms with Gasteiger partial charge in [-0.05, 0) is 36.2 Å². The minimum absolute atomic E-state index is 0.0253. The number of carbonyl (C=O) groups excluding carboxylic acids is 3. The van der Waals surface area contributed by atoms with Crippen molar-refractivity contribution >= 4 is 29.0 Å². The molecule has 0 atom stereocenters. The van der Waals surface area contributed by atoms with Crippen LogP contribution in [0.25, 0.3) is 0 Å². The van der Waals surface area contributed by atoms with Gasteiger partial charge in [0.15, 0.2) is 5.78 Å². The molecule has 2 aromatic rings. The van der Waals surface area contributed by atoms with Gasteiger partial charge in [-0.1, -0.05) is 24.3 Å². The van der Waals surface area contributed by atoms with E-state index in [2.05, 4.69) is 10.6 Å². The Morgan fingerprint density at radius 1 is 1.17 bits per heavy atom. The predicted molar refractivity (Wildman–Crippen MR) is 87.6 cm³/mol. The second kappa shape index (κ2) is 6.04. The summed E-state index contributed by atoms with van der Waals surface area (Å²) in [5.41, 5.74) is 3.73. The summed E-state index contributed by atoms with van der Waals surface area (Å²) in [6.07, 6.45) is 0.567. The van der Waals surface area contributed by atoms with Gasteiger partial charge < -0.3 is 10.6 Å². The molecule has 1 aliphatic heterocycles. The smallest absolute Gasteiger partial charge is 0.228 e. The van der Waals surface area contributed by atoms with Crippen LogP contribution in [0.3, 0.4) is 0 Å². The third-order valence-corrected chi connectivity index (χ3v) is 3.71. The van der Waals surface area contributed by atoms with Crippen molar-refractivity contribution in [1.82, 2.24) is 0 Å². The summed E-state index contributed by atoms with van der Waals surface area (Å²) < 4.78 is 0. The van der Waals surface area contributed by atoms with Crippen molar-refractivity contribution < 1.29 is 14.4 Å². The first kappa shape index (κ1) is 15.0. The molecule has 0 saturated heterocycles. The van der Waals surface area contributed by atoms with Gasteiger partial charge in [-0.2, -0.15) is 0 Å². The predicted octanol–water partition coefficient (Wildman–Crippen LogP) is 2.56. The molecule has 0 aromatic heterocycles. The molecule has 23 heavy (non-hydrogen) atoms. The maximum absolute atomic E-state index is 12.1. The van der Waals surface area contributed by atoms with Gasteiger partial charge in [0.05, 0.1) is 12.8 Å². The molecule has 5 nitrogen and oxygen atoms in total. The van der Waals surface area contributed by atoms with Gasteiger partial charge in [0.1, 0.15) is 0 Å². The summed E-state index contributed by atoms with van der Waals surface area (Å²) in [5, 5.41) is 5.55. The van der Waals surface area contributed by atoms with E-state index >= 15 is 0 Å². The van der Waals surface area contributed by atoms with Crippen molar-refractivity contribution in [2.24, 2.45) is 0 Å². The number of hydrogen-bond donors (Lipinski definition) is 2. The molecule has 0 bridgehead atoms. The quantitative estimate of drug-likeness (QED) is 0.852. The molecule has 0 spiro atoms. The number of hydrogen-bond acceptors (Lipinski definition) is 3. The summed E-state index contributed by atoms with van der Waals surface area (Å²) in [5.74, 6) is -0.234. The maximum Gasteiger partial charge on any atom is 0.228 e. The second-order valence-corrected chi connectivity index (χ2v) is 5.58. The average Bonchev–Trinajstić information content (AvgIpc) is 2.86. The molecular formula is C18H16N2O3. The molecular weight excluding hydrogens is 292 g/mol. The van der Waals surface area contributed by atoms with Crippen molar-refractivity contribution in [3.63, 3.8) is 0 Å². The van der Waals surface area contributed by atoms with E-state index < -0.39 is 0 Å². The highest BCUT2D eigenvalue weighted by molar-refractivity contribution is 6.00. The van der Waals surface area contributed by atoms with Crippen LogP contribution >= 0.6 is 0 Å². The van der Waals surface area contributed by atoms with E-state index in [0.717, 1.165) is 16.8 Å². The molecule has 0 saturated carbocycles. The van der Waals surface area contributed by atoms with Crippen LogP contribution < -0.4 is 10.6 Å². The Labute approximate surface area is 133 Å². The van der Waals surface area contributed by atoms with Crippen LogP contribution in [0.15, 0.2) is 42.5 Å². The van der Waals surface area contributed by atoms with E-state index in [4.69, 9.17) is 0 Å². The molecule has 0 radical (unpaired) electrons. The van der Waals surface area contributed by atoms with Crippen LogP contribution in [0.2, 0.25) is 0 Å². The van der Waals surface area contributed by atoms with Gasteiger partial charge in [-0.15, -0.1) is 0 Å². The lowest BCUT2D eigenvalue weighted by molar-refractivity contribution is -0.116. The van der Waals surface area contributed by atoms with E-state index in [1.54, 1.807) is 24.3 Å². The van der Waals surface area contributed by atoms with E-state index in [0.29, 0.717) is 17.7 Å². The number of carbonyl (C=O) groups is 3. The standard InChI is InChI=1S/C18H16N2O3/c1-11(21)13-3-2-4-15(9-13)19-17(22)8-12-5-6-16-14(7-12)10-18(23)20-16/h2-7,9H,8,10H2,1H3,(H,19,22)(H,20,23). The molecule has 1 aliphatic rings. The van der Waals surface area contributed by atoms with Crippen LogP contribution in [-0.4, -0.2) is 17.6 Å². The first-order valence-corrected chi connectivity index (χ1v) is 7.34. The molecule has 2 aromatic carbocycles. The second-order valence-electron chi connectivity index (χ2n) is 5.58. The number of fused-ring (bicyclic) bond motifs is 1. The first-order valence-electron chi connectivity index (χ1n) is 7.34. The number of rotatable bonds is 4. The molecule has 1 heterocycles. The summed E-state index contributed by atoms with van der Waals surface area (Å²) in [4.78, 5) is 34.9. The largest absolute Gasteiger partial charge is 0.326 e. The minimum Gasteiger partial charge on any atom is -0.326 e. The zero-order chi connectivity index (χ0) is 16.4. The summed E-state index contributed by atoms with van der Waals surface area (Å²) in [6, 6.07) is 12.4. The highest BCUT2D eigenvalue weighted by atomic mass is 16.2. The minimum atomic E-state index is -0.164. The normalized spacial score (nSPS) is 12.5. The Bertz CT molecular complexity index is 812. The zero-order valence-corrected chi connectivity index (χ0v) is 12.7. The topological polar surface area (TPSA) is 75.3 Å². The Morgan fingerprint density at radius 3 is 2.78 bits per heavy atom. The van der Waals surface area contributed by atoms with Gasteiger partial charge in [0.2, 0.25) is 11.8 Å². The van der Waals surface area contributed by atoms with Crippen molar-refractivity contribution in [3.8, 4) is 0 Å². The van der Waals surface area contributed by atoms with Crippen LogP contribution in [-0.2, 0) is 22.4 Å². The number of anilines is 2. The summed E-state index contributed by atoms with van der Waals surface area (Å²) in [6.45, 7) is 1.49. The van der Waals surface area contributed by atoms with Gasteiger partial charge >= 0.3 is 0 Å². The Hall–Kier alpha value is -2.95. The third kappa shape index (κ3) is 3.45. The molecule has 0 aliphatic carbocycles. The van der Waals surface area contributed by atoms with Gasteiger partial charge in [-0.3, -0.25) is 14.4 Å². The molecule has 0 fully saturated rings. The Kier molecular flexibility index (Phi) is 3.93. The van der Waals surface area contributed by atoms with Crippen molar-refractivity contribution in [1.29, 1.82) is 0 Å². The number of amides is 2. The fourth-order valence-corrected chi connectivity index (χ4v) is 2.60. The van der Waals surface area contributed by atoms with Crippen molar-refractivity contribution in [2.75, 3.05) is 10.6 Å². The van der Waals surface area contributed by atoms with E-state index in [1.807, 2.05) is 18.2 Å². The monoisotopic (exact) mass is 308 g/mol. The summed E-state index contributed by atoms with van der Waals surface area (Å²) >= 11 is 0. The van der Waals surface area contributed by atoms with E-state index in [1.165, 1.54) is 6.92 Å². The molecule has 0 unspecified atom stereocenters. The number of ketones is 1. The molecule has 116 valence electrons. The van der Waals surface area contributed by atoms with Crippen molar-refractivity contribution in [3.05, 3.63) is 59.2 Å². The average molecular weight is 308 g/mol. The molecule has 2 N–H and O–H groups in total. The summed E-state index contributed by atoms with van der Waals surface area (Å²) in [7, 11) is 0. The highest BCUT2D eigenvalue weighted by Crippen LogP contribution is 2.24. The van der Waals surface area contributed by atoms with Gasteiger partial charge in [0.25, 0.3) is 0 Å². The fourth-order valence-electron chi connectivity index (χ4n) is 2.60. The fraction of sp³-hybridized carbons (Fsp3) is 0.167. The van der Waals surface area contributed by atoms with E-state index in [9.17, 15) is 14.4 Å². The molecule has 2 amide bonds. The highest BCUT2D eigenvalue weighted by Gasteiger charge is 2.18. The van der Waals surface area contributed by atoms with Crippen molar-refractivity contribution in [2.45, 2.75) is 19.8 Å². The van der Waals surface area contributed by atoms with Crippen LogP contribution in [0.1, 0.15) is 28.4 Å². The maximum atomic E-state index is 12.1. The lowest BCUT2D eigenvalue weighted by atomic mass is 10.1. The lowest BCUT2D eigenvalue weighted by Crippen LogP contribution is -2.14.